The van der Waals surface area contributed by atoms with Gasteiger partial charge in [0.2, 0.25) is 17.7 Å². The van der Waals surface area contributed by atoms with E-state index in [0.29, 0.717) is 25.3 Å². The van der Waals surface area contributed by atoms with Crippen LogP contribution in [0, 0.1) is 5.92 Å². The van der Waals surface area contributed by atoms with E-state index in [4.69, 9.17) is 9.47 Å². The van der Waals surface area contributed by atoms with Crippen molar-refractivity contribution in [3.63, 3.8) is 0 Å². The van der Waals surface area contributed by atoms with E-state index < -0.39 is 6.29 Å². The third kappa shape index (κ3) is 11.5. The minimum absolute atomic E-state index is 0.0167. The number of amides is 3. The van der Waals surface area contributed by atoms with Gasteiger partial charge in [-0.3, -0.25) is 14.4 Å². The van der Waals surface area contributed by atoms with Crippen LogP contribution in [0.2, 0.25) is 0 Å². The number of carbonyl (C=O) groups excluding carboxylic acids is 3. The average molecular weight is 724 g/mol. The zero-order chi connectivity index (χ0) is 36.9. The van der Waals surface area contributed by atoms with Gasteiger partial charge in [-0.25, -0.2) is 0 Å². The second-order valence-corrected chi connectivity index (χ2v) is 14.3. The minimum atomic E-state index is -0.605. The molecule has 0 unspecified atom stereocenters. The molecule has 5 rings (SSSR count). The van der Waals surface area contributed by atoms with Crippen LogP contribution >= 0.6 is 11.8 Å². The van der Waals surface area contributed by atoms with Gasteiger partial charge in [0.1, 0.15) is 0 Å². The number of anilines is 1. The first-order valence-corrected chi connectivity index (χ1v) is 18.9. The van der Waals surface area contributed by atoms with Crippen molar-refractivity contribution < 1.29 is 29.0 Å². The van der Waals surface area contributed by atoms with Gasteiger partial charge >= 0.3 is 0 Å². The number of carbonyl (C=O) groups is 3. The van der Waals surface area contributed by atoms with Gasteiger partial charge in [-0.2, -0.15) is 0 Å². The quantitative estimate of drug-likeness (QED) is 0.0690. The zero-order valence-electron chi connectivity index (χ0n) is 30.1. The van der Waals surface area contributed by atoms with Crippen LogP contribution in [0.1, 0.15) is 81.1 Å². The summed E-state index contributed by atoms with van der Waals surface area (Å²) in [4.78, 5) is 36.0. The molecule has 3 amide bonds. The highest BCUT2D eigenvalue weighted by Gasteiger charge is 2.38. The van der Waals surface area contributed by atoms with Gasteiger partial charge in [0.05, 0.1) is 18.8 Å². The zero-order valence-corrected chi connectivity index (χ0v) is 30.9. The lowest BCUT2D eigenvalue weighted by Crippen LogP contribution is -2.38. The molecule has 1 aliphatic rings. The third-order valence-corrected chi connectivity index (χ3v) is 10.2. The van der Waals surface area contributed by atoms with E-state index >= 15 is 0 Å². The van der Waals surface area contributed by atoms with E-state index in [1.807, 2.05) is 72.8 Å². The molecule has 274 valence electrons. The lowest BCUT2D eigenvalue weighted by molar-refractivity contribution is -0.268. The Balaban J connectivity index is 1.27. The Labute approximate surface area is 310 Å². The Morgan fingerprint density at radius 3 is 2.19 bits per heavy atom. The number of thioether (sulfide) groups is 1. The van der Waals surface area contributed by atoms with Crippen molar-refractivity contribution in [2.75, 3.05) is 17.6 Å². The molecule has 4 N–H and O–H groups in total. The number of hydrogen-bond donors (Lipinski definition) is 4. The third-order valence-electron chi connectivity index (χ3n) is 9.08. The maximum Gasteiger partial charge on any atom is 0.221 e. The number of aliphatic hydroxyl groups is 1. The molecule has 0 aliphatic carbocycles. The predicted molar refractivity (Wildman–Crippen MR) is 205 cm³/mol. The second kappa shape index (κ2) is 19.4. The summed E-state index contributed by atoms with van der Waals surface area (Å²) in [5.41, 5.74) is 6.61. The summed E-state index contributed by atoms with van der Waals surface area (Å²) in [5, 5.41) is 18.3. The van der Waals surface area contributed by atoms with E-state index in [1.165, 1.54) is 13.8 Å². The highest BCUT2D eigenvalue weighted by Crippen LogP contribution is 2.43. The summed E-state index contributed by atoms with van der Waals surface area (Å²) < 4.78 is 13.4. The highest BCUT2D eigenvalue weighted by molar-refractivity contribution is 7.99. The molecule has 0 radical (unpaired) electrons. The summed E-state index contributed by atoms with van der Waals surface area (Å²) in [6, 6.07) is 32.1. The predicted octanol–water partition coefficient (Wildman–Crippen LogP) is 7.70. The van der Waals surface area contributed by atoms with Gasteiger partial charge < -0.3 is 30.5 Å². The van der Waals surface area contributed by atoms with Gasteiger partial charge in [0, 0.05) is 61.2 Å². The topological polar surface area (TPSA) is 126 Å². The average Bonchev–Trinajstić information content (AvgIpc) is 3.15. The van der Waals surface area contributed by atoms with Crippen LogP contribution in [0.15, 0.2) is 102 Å². The van der Waals surface area contributed by atoms with E-state index in [-0.39, 0.29) is 42.5 Å². The number of unbranched alkanes of at least 4 members (excludes halogenated alkanes) is 2. The molecule has 0 spiro atoms. The first kappa shape index (κ1) is 38.7. The van der Waals surface area contributed by atoms with Crippen LogP contribution < -0.4 is 16.0 Å². The molecule has 0 aromatic heterocycles. The lowest BCUT2D eigenvalue weighted by atomic mass is 9.91. The molecule has 52 heavy (non-hydrogen) atoms. The van der Waals surface area contributed by atoms with Crippen LogP contribution in [0.25, 0.3) is 11.1 Å². The Morgan fingerprint density at radius 1 is 0.750 bits per heavy atom. The maximum absolute atomic E-state index is 12.5. The molecular formula is C42H49N3O6S. The summed E-state index contributed by atoms with van der Waals surface area (Å²) in [5.74, 6) is 0.630. The monoisotopic (exact) mass is 723 g/mol. The first-order valence-electron chi connectivity index (χ1n) is 17.9. The Morgan fingerprint density at radius 2 is 1.48 bits per heavy atom. The first-order chi connectivity index (χ1) is 25.2. The summed E-state index contributed by atoms with van der Waals surface area (Å²) in [6.07, 6.45) is 2.02. The van der Waals surface area contributed by atoms with Gasteiger partial charge in [-0.05, 0) is 77.1 Å². The van der Waals surface area contributed by atoms with Gasteiger partial charge in [-0.1, -0.05) is 74.0 Å². The Hall–Kier alpha value is -4.48. The van der Waals surface area contributed by atoms with Crippen molar-refractivity contribution in [2.24, 2.45) is 5.92 Å². The van der Waals surface area contributed by atoms with Crippen molar-refractivity contribution in [1.82, 2.24) is 10.6 Å². The van der Waals surface area contributed by atoms with E-state index in [1.54, 1.807) is 11.8 Å². The molecule has 4 atom stereocenters. The summed E-state index contributed by atoms with van der Waals surface area (Å²) in [7, 11) is 0. The fraction of sp³-hybridized carbons (Fsp3) is 0.357. The van der Waals surface area contributed by atoms with E-state index in [2.05, 4.69) is 47.1 Å². The van der Waals surface area contributed by atoms with Crippen LogP contribution in [-0.2, 0) is 37.0 Å². The summed E-state index contributed by atoms with van der Waals surface area (Å²) in [6.45, 7) is 6.22. The van der Waals surface area contributed by atoms with Crippen molar-refractivity contribution in [3.8, 4) is 11.1 Å². The summed E-state index contributed by atoms with van der Waals surface area (Å²) >= 11 is 1.71. The standard InChI is InChI=1S/C42H49N3O6S/c1-28-39(27-52-38-20-18-37(19-21-38)45-30(3)48)50-42(51-41(28)33-16-14-31(26-46)15-17-33)36-12-8-11-35(24-36)34-10-7-9-32(23-34)25-44-40(49)13-5-4-6-22-43-29(2)47/h7-12,14-21,23-24,28,39,41-42,46H,4-6,13,22,25-27H2,1-3H3,(H,43,47)(H,44,49)(H,45,48)/t28-,39+,41+,42+/m1/s1. The van der Waals surface area contributed by atoms with Crippen LogP contribution in [-0.4, -0.2) is 41.2 Å². The number of hydrogen-bond acceptors (Lipinski definition) is 7. The van der Waals surface area contributed by atoms with Crippen molar-refractivity contribution in [1.29, 1.82) is 0 Å². The molecular weight excluding hydrogens is 675 g/mol. The van der Waals surface area contributed by atoms with Crippen molar-refractivity contribution in [2.45, 2.75) is 83.0 Å². The number of benzene rings is 4. The molecule has 0 bridgehead atoms. The molecule has 1 saturated heterocycles. The lowest BCUT2D eigenvalue weighted by Gasteiger charge is -2.41. The van der Waals surface area contributed by atoms with E-state index in [9.17, 15) is 19.5 Å². The largest absolute Gasteiger partial charge is 0.392 e. The Bertz CT molecular complexity index is 1780. The highest BCUT2D eigenvalue weighted by atomic mass is 32.2. The molecule has 1 heterocycles. The fourth-order valence-corrected chi connectivity index (χ4v) is 7.26. The number of aliphatic hydroxyl groups excluding tert-OH is 1. The number of nitrogens with one attached hydrogen (secondary N) is 3. The smallest absolute Gasteiger partial charge is 0.221 e. The van der Waals surface area contributed by atoms with E-state index in [0.717, 1.165) is 63.2 Å². The second-order valence-electron chi connectivity index (χ2n) is 13.2. The molecule has 10 heteroatoms. The van der Waals surface area contributed by atoms with Crippen molar-refractivity contribution >= 4 is 35.2 Å². The van der Waals surface area contributed by atoms with Gasteiger partial charge in [0.15, 0.2) is 6.29 Å². The number of rotatable bonds is 16. The normalized spacial score (nSPS) is 18.4. The van der Waals surface area contributed by atoms with Crippen LogP contribution in [0.5, 0.6) is 0 Å². The maximum atomic E-state index is 12.5. The number of ether oxygens (including phenoxy) is 2. The minimum Gasteiger partial charge on any atom is -0.392 e. The Kier molecular flexibility index (Phi) is 14.4. The van der Waals surface area contributed by atoms with Gasteiger partial charge in [0.25, 0.3) is 0 Å². The molecule has 4 aromatic rings. The molecule has 9 nitrogen and oxygen atoms in total. The SMILES string of the molecule is CC(=O)NCCCCCC(=O)NCc1cccc(-c2cccc([C@H]3O[C@@H](CSc4ccc(NC(C)=O)cc4)[C@@H](C)[C@@H](c4ccc(CO)cc4)O3)c2)c1. The molecule has 1 fully saturated rings. The van der Waals surface area contributed by atoms with Gasteiger partial charge in [-0.15, -0.1) is 11.8 Å². The molecule has 0 saturated carbocycles. The van der Waals surface area contributed by atoms with Crippen LogP contribution in [0.3, 0.4) is 0 Å². The molecule has 4 aromatic carbocycles. The van der Waals surface area contributed by atoms with Crippen molar-refractivity contribution in [3.05, 3.63) is 119 Å². The van der Waals surface area contributed by atoms with Crippen LogP contribution in [0.4, 0.5) is 5.69 Å². The molecule has 1 aliphatic heterocycles. The fourth-order valence-electron chi connectivity index (χ4n) is 6.19.